The molecule has 0 bridgehead atoms. The van der Waals surface area contributed by atoms with Crippen molar-refractivity contribution < 1.29 is 9.59 Å². The molecule has 1 aliphatic heterocycles. The lowest BCUT2D eigenvalue weighted by molar-refractivity contribution is -0.121. The van der Waals surface area contributed by atoms with Gasteiger partial charge in [0.1, 0.15) is 0 Å². The molecule has 1 heterocycles. The summed E-state index contributed by atoms with van der Waals surface area (Å²) < 4.78 is 0. The van der Waals surface area contributed by atoms with Crippen LogP contribution >= 0.6 is 0 Å². The summed E-state index contributed by atoms with van der Waals surface area (Å²) in [6.07, 6.45) is 0. The van der Waals surface area contributed by atoms with Crippen LogP contribution in [-0.2, 0) is 17.9 Å². The quantitative estimate of drug-likeness (QED) is 0.661. The van der Waals surface area contributed by atoms with Gasteiger partial charge in [0.25, 0.3) is 0 Å². The van der Waals surface area contributed by atoms with Crippen LogP contribution in [0.15, 0.2) is 24.3 Å². The van der Waals surface area contributed by atoms with Gasteiger partial charge in [-0.05, 0) is 38.4 Å². The van der Waals surface area contributed by atoms with E-state index in [2.05, 4.69) is 38.7 Å². The Morgan fingerprint density at radius 1 is 0.964 bits per heavy atom. The van der Waals surface area contributed by atoms with Crippen LogP contribution in [0.2, 0.25) is 0 Å². The Labute approximate surface area is 168 Å². The number of benzene rings is 1. The highest BCUT2D eigenvalue weighted by atomic mass is 16.2. The summed E-state index contributed by atoms with van der Waals surface area (Å²) in [5.41, 5.74) is 2.03. The SMILES string of the molecule is CCN1CCN(Cc2ccccc2CNC(=O)NCC(=O)NC(C)(C)C)CC1. The highest BCUT2D eigenvalue weighted by molar-refractivity contribution is 5.84. The third-order valence-electron chi connectivity index (χ3n) is 4.79. The smallest absolute Gasteiger partial charge is 0.315 e. The molecular formula is C21H35N5O2. The fourth-order valence-electron chi connectivity index (χ4n) is 3.25. The first-order chi connectivity index (χ1) is 13.3. The highest BCUT2D eigenvalue weighted by Crippen LogP contribution is 2.13. The van der Waals surface area contributed by atoms with Crippen LogP contribution in [0.5, 0.6) is 0 Å². The zero-order chi connectivity index (χ0) is 20.6. The van der Waals surface area contributed by atoms with E-state index < -0.39 is 0 Å². The maximum absolute atomic E-state index is 12.0. The molecule has 7 nitrogen and oxygen atoms in total. The molecule has 1 aromatic carbocycles. The van der Waals surface area contributed by atoms with E-state index in [9.17, 15) is 9.59 Å². The van der Waals surface area contributed by atoms with E-state index in [1.807, 2.05) is 39.0 Å². The number of piperazine rings is 1. The summed E-state index contributed by atoms with van der Waals surface area (Å²) in [5.74, 6) is -0.200. The monoisotopic (exact) mass is 389 g/mol. The van der Waals surface area contributed by atoms with Gasteiger partial charge >= 0.3 is 6.03 Å². The maximum atomic E-state index is 12.0. The fourth-order valence-corrected chi connectivity index (χ4v) is 3.25. The van der Waals surface area contributed by atoms with Crippen LogP contribution in [0, 0.1) is 0 Å². The second kappa shape index (κ2) is 10.4. The summed E-state index contributed by atoms with van der Waals surface area (Å²) in [7, 11) is 0. The Morgan fingerprint density at radius 3 is 2.18 bits per heavy atom. The van der Waals surface area contributed by atoms with Gasteiger partial charge in [0.05, 0.1) is 6.54 Å². The molecule has 1 aromatic rings. The highest BCUT2D eigenvalue weighted by Gasteiger charge is 2.17. The molecule has 156 valence electrons. The van der Waals surface area contributed by atoms with Gasteiger partial charge in [-0.1, -0.05) is 31.2 Å². The maximum Gasteiger partial charge on any atom is 0.315 e. The van der Waals surface area contributed by atoms with Gasteiger partial charge in [0.15, 0.2) is 0 Å². The van der Waals surface area contributed by atoms with Crippen molar-refractivity contribution in [3.05, 3.63) is 35.4 Å². The van der Waals surface area contributed by atoms with Crippen molar-refractivity contribution in [2.75, 3.05) is 39.3 Å². The second-order valence-electron chi connectivity index (χ2n) is 8.31. The van der Waals surface area contributed by atoms with E-state index in [-0.39, 0.29) is 24.0 Å². The third kappa shape index (κ3) is 7.86. The van der Waals surface area contributed by atoms with Gasteiger partial charge in [-0.15, -0.1) is 0 Å². The number of rotatable bonds is 7. The molecule has 1 saturated heterocycles. The Bertz CT molecular complexity index is 648. The van der Waals surface area contributed by atoms with Gasteiger partial charge in [-0.3, -0.25) is 9.69 Å². The molecule has 0 spiro atoms. The standard InChI is InChI=1S/C21H35N5O2/c1-5-25-10-12-26(13-11-25)16-18-9-7-6-8-17(18)14-22-20(28)23-15-19(27)24-21(2,3)4/h6-9H,5,10-16H2,1-4H3,(H,24,27)(H2,22,23,28). The van der Waals surface area contributed by atoms with Crippen molar-refractivity contribution in [2.45, 2.75) is 46.3 Å². The van der Waals surface area contributed by atoms with E-state index in [0.717, 1.165) is 44.8 Å². The molecular weight excluding hydrogens is 354 g/mol. The number of likely N-dealkylation sites (N-methyl/N-ethyl adjacent to an activating group) is 1. The zero-order valence-electron chi connectivity index (χ0n) is 17.7. The average Bonchev–Trinajstić information content (AvgIpc) is 2.65. The lowest BCUT2D eigenvalue weighted by atomic mass is 10.1. The number of carbonyl (C=O) groups excluding carboxylic acids is 2. The minimum atomic E-state index is -0.338. The fraction of sp³-hybridized carbons (Fsp3) is 0.619. The average molecular weight is 390 g/mol. The molecule has 0 aromatic heterocycles. The van der Waals surface area contributed by atoms with Gasteiger partial charge in [-0.2, -0.15) is 0 Å². The Morgan fingerprint density at radius 2 is 1.57 bits per heavy atom. The third-order valence-corrected chi connectivity index (χ3v) is 4.79. The second-order valence-corrected chi connectivity index (χ2v) is 8.31. The lowest BCUT2D eigenvalue weighted by Crippen LogP contribution is -2.47. The van der Waals surface area contributed by atoms with Crippen molar-refractivity contribution in [3.8, 4) is 0 Å². The molecule has 0 saturated carbocycles. The van der Waals surface area contributed by atoms with Crippen molar-refractivity contribution in [3.63, 3.8) is 0 Å². The molecule has 2 rings (SSSR count). The molecule has 1 fully saturated rings. The normalized spacial score (nSPS) is 15.9. The molecule has 0 unspecified atom stereocenters. The number of hydrogen-bond donors (Lipinski definition) is 3. The summed E-state index contributed by atoms with van der Waals surface area (Å²) in [5, 5.41) is 8.28. The summed E-state index contributed by atoms with van der Waals surface area (Å²) in [6, 6.07) is 7.86. The first-order valence-corrected chi connectivity index (χ1v) is 10.1. The topological polar surface area (TPSA) is 76.7 Å². The number of urea groups is 1. The van der Waals surface area contributed by atoms with Gasteiger partial charge in [0.2, 0.25) is 5.91 Å². The largest absolute Gasteiger partial charge is 0.350 e. The molecule has 3 amide bonds. The predicted octanol–water partition coefficient (Wildman–Crippen LogP) is 1.54. The number of nitrogens with zero attached hydrogens (tertiary/aromatic N) is 2. The van der Waals surface area contributed by atoms with Crippen LogP contribution in [0.25, 0.3) is 0 Å². The molecule has 0 atom stereocenters. The Balaban J connectivity index is 1.79. The number of hydrogen-bond acceptors (Lipinski definition) is 4. The van der Waals surface area contributed by atoms with Crippen molar-refractivity contribution in [1.82, 2.24) is 25.8 Å². The van der Waals surface area contributed by atoms with Crippen molar-refractivity contribution in [1.29, 1.82) is 0 Å². The summed E-state index contributed by atoms with van der Waals surface area (Å²) in [4.78, 5) is 28.8. The van der Waals surface area contributed by atoms with Crippen LogP contribution < -0.4 is 16.0 Å². The summed E-state index contributed by atoms with van der Waals surface area (Å²) in [6.45, 7) is 14.7. The van der Waals surface area contributed by atoms with Crippen LogP contribution in [0.3, 0.4) is 0 Å². The molecule has 3 N–H and O–H groups in total. The van der Waals surface area contributed by atoms with Gasteiger partial charge in [0, 0.05) is 44.8 Å². The van der Waals surface area contributed by atoms with E-state index in [1.165, 1.54) is 5.56 Å². The van der Waals surface area contributed by atoms with Gasteiger partial charge in [-0.25, -0.2) is 4.79 Å². The number of amides is 3. The molecule has 0 aliphatic carbocycles. The molecule has 7 heteroatoms. The van der Waals surface area contributed by atoms with Crippen LogP contribution in [0.1, 0.15) is 38.8 Å². The Kier molecular flexibility index (Phi) is 8.26. The Hall–Kier alpha value is -2.12. The number of nitrogens with one attached hydrogen (secondary N) is 3. The van der Waals surface area contributed by atoms with Crippen LogP contribution in [-0.4, -0.2) is 66.5 Å². The lowest BCUT2D eigenvalue weighted by Gasteiger charge is -2.34. The van der Waals surface area contributed by atoms with E-state index in [0.29, 0.717) is 6.54 Å². The first-order valence-electron chi connectivity index (χ1n) is 10.1. The minimum Gasteiger partial charge on any atom is -0.350 e. The summed E-state index contributed by atoms with van der Waals surface area (Å²) >= 11 is 0. The minimum absolute atomic E-state index is 0.0353. The van der Waals surface area contributed by atoms with Gasteiger partial charge < -0.3 is 20.9 Å². The van der Waals surface area contributed by atoms with E-state index in [1.54, 1.807) is 0 Å². The van der Waals surface area contributed by atoms with Crippen molar-refractivity contribution in [2.24, 2.45) is 0 Å². The zero-order valence-corrected chi connectivity index (χ0v) is 17.7. The predicted molar refractivity (Wildman–Crippen MR) is 112 cm³/mol. The number of carbonyl (C=O) groups is 2. The van der Waals surface area contributed by atoms with E-state index in [4.69, 9.17) is 0 Å². The first kappa shape index (κ1) is 22.2. The van der Waals surface area contributed by atoms with E-state index >= 15 is 0 Å². The molecule has 28 heavy (non-hydrogen) atoms. The van der Waals surface area contributed by atoms with Crippen LogP contribution in [0.4, 0.5) is 4.79 Å². The molecule has 0 radical (unpaired) electrons. The molecule has 1 aliphatic rings. The van der Waals surface area contributed by atoms with Crippen molar-refractivity contribution >= 4 is 11.9 Å².